The Kier molecular flexibility index (Phi) is 4.63. The van der Waals surface area contributed by atoms with Crippen LogP contribution in [0.5, 0.6) is 0 Å². The molecule has 3 N–H and O–H groups in total. The molecule has 0 atom stereocenters. The number of aryl methyl sites for hydroxylation is 1. The van der Waals surface area contributed by atoms with Gasteiger partial charge in [-0.15, -0.1) is 0 Å². The van der Waals surface area contributed by atoms with Crippen molar-refractivity contribution in [3.8, 4) is 0 Å². The fourth-order valence-corrected chi connectivity index (χ4v) is 3.37. The van der Waals surface area contributed by atoms with Gasteiger partial charge in [0.05, 0.1) is 6.54 Å². The Morgan fingerprint density at radius 2 is 1.96 bits per heavy atom. The molecule has 0 spiro atoms. The van der Waals surface area contributed by atoms with Gasteiger partial charge in [-0.3, -0.25) is 14.5 Å². The van der Waals surface area contributed by atoms with Crippen LogP contribution in [0.2, 0.25) is 0 Å². The molecule has 2 aliphatic heterocycles. The van der Waals surface area contributed by atoms with Crippen molar-refractivity contribution in [2.75, 3.05) is 49.9 Å². The number of nitrogens with one attached hydrogen (secondary N) is 1. The molecule has 23 heavy (non-hydrogen) atoms. The first-order chi connectivity index (χ1) is 11.1. The molecule has 0 radical (unpaired) electrons. The third-order valence-electron chi connectivity index (χ3n) is 4.63. The van der Waals surface area contributed by atoms with Crippen molar-refractivity contribution in [3.05, 3.63) is 23.3 Å². The fourth-order valence-electron chi connectivity index (χ4n) is 3.37. The van der Waals surface area contributed by atoms with E-state index in [-0.39, 0.29) is 11.7 Å². The third-order valence-corrected chi connectivity index (χ3v) is 4.63. The van der Waals surface area contributed by atoms with Gasteiger partial charge in [-0.1, -0.05) is 0 Å². The number of anilines is 2. The largest absolute Gasteiger partial charge is 0.398 e. The van der Waals surface area contributed by atoms with E-state index in [1.54, 1.807) is 17.9 Å². The minimum absolute atomic E-state index is 0.0187. The van der Waals surface area contributed by atoms with Gasteiger partial charge in [0.25, 0.3) is 0 Å². The van der Waals surface area contributed by atoms with E-state index in [9.17, 15) is 9.59 Å². The SMILES string of the molecule is CC(=O)N1CCCc2cc(C(=O)CN3CCNCC3)c(N)cc21. The smallest absolute Gasteiger partial charge is 0.223 e. The van der Waals surface area contributed by atoms with Crippen LogP contribution >= 0.6 is 0 Å². The zero-order chi connectivity index (χ0) is 16.4. The fraction of sp³-hybridized carbons (Fsp3) is 0.529. The molecule has 6 heteroatoms. The average molecular weight is 316 g/mol. The number of hydrogen-bond acceptors (Lipinski definition) is 5. The minimum Gasteiger partial charge on any atom is -0.398 e. The topological polar surface area (TPSA) is 78.7 Å². The van der Waals surface area contributed by atoms with Crippen LogP contribution in [0.3, 0.4) is 0 Å². The first kappa shape index (κ1) is 16.0. The molecule has 6 nitrogen and oxygen atoms in total. The van der Waals surface area contributed by atoms with Crippen LogP contribution in [0.4, 0.5) is 11.4 Å². The molecular weight excluding hydrogens is 292 g/mol. The average Bonchev–Trinajstić information content (AvgIpc) is 2.54. The van der Waals surface area contributed by atoms with Crippen molar-refractivity contribution in [1.29, 1.82) is 0 Å². The Hall–Kier alpha value is -1.92. The van der Waals surface area contributed by atoms with Crippen LogP contribution in [0.25, 0.3) is 0 Å². The number of nitrogens with zero attached hydrogens (tertiary/aromatic N) is 2. The number of nitrogen functional groups attached to an aromatic ring is 1. The zero-order valence-electron chi connectivity index (χ0n) is 13.6. The number of hydrogen-bond donors (Lipinski definition) is 2. The summed E-state index contributed by atoms with van der Waals surface area (Å²) in [5.74, 6) is 0.0809. The number of carbonyl (C=O) groups excluding carboxylic acids is 2. The predicted octanol–water partition coefficient (Wildman–Crippen LogP) is 0.656. The number of carbonyl (C=O) groups is 2. The summed E-state index contributed by atoms with van der Waals surface area (Å²) in [6.07, 6.45) is 1.80. The van der Waals surface area contributed by atoms with E-state index >= 15 is 0 Å². The lowest BCUT2D eigenvalue weighted by Gasteiger charge is -2.30. The number of ketones is 1. The summed E-state index contributed by atoms with van der Waals surface area (Å²) >= 11 is 0. The number of benzene rings is 1. The normalized spacial score (nSPS) is 18.6. The van der Waals surface area contributed by atoms with Crippen LogP contribution < -0.4 is 16.0 Å². The Morgan fingerprint density at radius 1 is 1.22 bits per heavy atom. The number of rotatable bonds is 3. The Labute approximate surface area is 136 Å². The van der Waals surface area contributed by atoms with E-state index < -0.39 is 0 Å². The Morgan fingerprint density at radius 3 is 2.65 bits per heavy atom. The van der Waals surface area contributed by atoms with Crippen molar-refractivity contribution >= 4 is 23.1 Å². The number of fused-ring (bicyclic) bond motifs is 1. The molecule has 1 aromatic rings. The molecule has 0 unspecified atom stereocenters. The molecule has 3 rings (SSSR count). The van der Waals surface area contributed by atoms with Crippen LogP contribution in [-0.2, 0) is 11.2 Å². The van der Waals surface area contributed by atoms with Crippen molar-refractivity contribution in [2.24, 2.45) is 0 Å². The van der Waals surface area contributed by atoms with Gasteiger partial charge in [-0.25, -0.2) is 0 Å². The molecule has 1 fully saturated rings. The van der Waals surface area contributed by atoms with Crippen LogP contribution in [0, 0.1) is 0 Å². The van der Waals surface area contributed by atoms with Gasteiger partial charge in [0.2, 0.25) is 5.91 Å². The summed E-state index contributed by atoms with van der Waals surface area (Å²) in [7, 11) is 0. The number of nitrogens with two attached hydrogens (primary N) is 1. The maximum atomic E-state index is 12.6. The van der Waals surface area contributed by atoms with Crippen LogP contribution in [0.1, 0.15) is 29.3 Å². The highest BCUT2D eigenvalue weighted by Gasteiger charge is 2.24. The molecular formula is C17H24N4O2. The highest BCUT2D eigenvalue weighted by atomic mass is 16.2. The van der Waals surface area contributed by atoms with E-state index in [0.29, 0.717) is 17.8 Å². The van der Waals surface area contributed by atoms with Gasteiger partial charge in [-0.2, -0.15) is 0 Å². The van der Waals surface area contributed by atoms with E-state index in [1.807, 2.05) is 6.07 Å². The van der Waals surface area contributed by atoms with Gasteiger partial charge >= 0.3 is 0 Å². The van der Waals surface area contributed by atoms with Crippen molar-refractivity contribution in [3.63, 3.8) is 0 Å². The summed E-state index contributed by atoms with van der Waals surface area (Å²) in [6, 6.07) is 3.69. The molecule has 0 bridgehead atoms. The lowest BCUT2D eigenvalue weighted by atomic mass is 9.96. The number of piperazine rings is 1. The minimum atomic E-state index is 0.0187. The second-order valence-corrected chi connectivity index (χ2v) is 6.29. The molecule has 1 aromatic carbocycles. The zero-order valence-corrected chi connectivity index (χ0v) is 13.6. The van der Waals surface area contributed by atoms with Gasteiger partial charge in [0.1, 0.15) is 0 Å². The van der Waals surface area contributed by atoms with Gasteiger partial charge in [0, 0.05) is 56.6 Å². The molecule has 1 saturated heterocycles. The van der Waals surface area contributed by atoms with Crippen molar-refractivity contribution < 1.29 is 9.59 Å². The quantitative estimate of drug-likeness (QED) is 0.632. The van der Waals surface area contributed by atoms with E-state index in [2.05, 4.69) is 10.2 Å². The van der Waals surface area contributed by atoms with E-state index in [1.165, 1.54) is 0 Å². The number of amides is 1. The van der Waals surface area contributed by atoms with Crippen LogP contribution in [0.15, 0.2) is 12.1 Å². The second-order valence-electron chi connectivity index (χ2n) is 6.29. The second kappa shape index (κ2) is 6.68. The molecule has 2 aliphatic rings. The van der Waals surface area contributed by atoms with Gasteiger partial charge < -0.3 is 16.0 Å². The summed E-state index contributed by atoms with van der Waals surface area (Å²) in [5, 5.41) is 3.28. The molecule has 0 aliphatic carbocycles. The first-order valence-electron chi connectivity index (χ1n) is 8.23. The van der Waals surface area contributed by atoms with Crippen molar-refractivity contribution in [1.82, 2.24) is 10.2 Å². The lowest BCUT2D eigenvalue weighted by molar-refractivity contribution is -0.116. The highest BCUT2D eigenvalue weighted by molar-refractivity contribution is 6.04. The van der Waals surface area contributed by atoms with Gasteiger partial charge in [-0.05, 0) is 30.5 Å². The predicted molar refractivity (Wildman–Crippen MR) is 90.8 cm³/mol. The Bertz CT molecular complexity index is 623. The maximum absolute atomic E-state index is 12.6. The maximum Gasteiger partial charge on any atom is 0.223 e. The summed E-state index contributed by atoms with van der Waals surface area (Å²) in [4.78, 5) is 28.3. The van der Waals surface area contributed by atoms with E-state index in [4.69, 9.17) is 5.73 Å². The van der Waals surface area contributed by atoms with Crippen LogP contribution in [-0.4, -0.2) is 55.9 Å². The molecule has 1 amide bonds. The van der Waals surface area contributed by atoms with E-state index in [0.717, 1.165) is 56.8 Å². The highest BCUT2D eigenvalue weighted by Crippen LogP contribution is 2.32. The standard InChI is InChI=1S/C17H24N4O2/c1-12(22)21-6-2-3-13-9-14(15(18)10-16(13)21)17(23)11-20-7-4-19-5-8-20/h9-10,19H,2-8,11,18H2,1H3. The summed E-state index contributed by atoms with van der Waals surface area (Å²) in [5.41, 5.74) is 9.09. The molecule has 0 saturated carbocycles. The first-order valence-corrected chi connectivity index (χ1v) is 8.23. The van der Waals surface area contributed by atoms with Crippen molar-refractivity contribution in [2.45, 2.75) is 19.8 Å². The molecule has 2 heterocycles. The molecule has 0 aromatic heterocycles. The lowest BCUT2D eigenvalue weighted by Crippen LogP contribution is -2.45. The third kappa shape index (κ3) is 3.38. The Balaban J connectivity index is 1.83. The number of Topliss-reactive ketones (excluding diaryl/α,β-unsaturated/α-hetero) is 1. The summed E-state index contributed by atoms with van der Waals surface area (Å²) in [6.45, 7) is 6.29. The summed E-state index contributed by atoms with van der Waals surface area (Å²) < 4.78 is 0. The molecule has 124 valence electrons. The monoisotopic (exact) mass is 316 g/mol. The van der Waals surface area contributed by atoms with Gasteiger partial charge in [0.15, 0.2) is 5.78 Å².